The number of nitrogens with one attached hydrogen (secondary N) is 1. The summed E-state index contributed by atoms with van der Waals surface area (Å²) in [5.41, 5.74) is 0.0766. The van der Waals surface area contributed by atoms with E-state index >= 15 is 0 Å². The molecule has 1 nitrogen and oxygen atoms in total. The van der Waals surface area contributed by atoms with Gasteiger partial charge in [0, 0.05) is 6.54 Å². The van der Waals surface area contributed by atoms with Crippen LogP contribution in [0.3, 0.4) is 0 Å². The summed E-state index contributed by atoms with van der Waals surface area (Å²) in [6, 6.07) is 6.38. The van der Waals surface area contributed by atoms with Crippen LogP contribution in [-0.2, 0) is 0 Å². The fourth-order valence-corrected chi connectivity index (χ4v) is 1.64. The Morgan fingerprint density at radius 3 is 2.00 bits per heavy atom. The van der Waals surface area contributed by atoms with E-state index in [9.17, 15) is 13.2 Å². The van der Waals surface area contributed by atoms with Crippen molar-refractivity contribution in [2.45, 2.75) is 39.9 Å². The molecule has 0 saturated carbocycles. The van der Waals surface area contributed by atoms with Gasteiger partial charge in [-0.2, -0.15) is 13.2 Å². The highest BCUT2D eigenvalue weighted by atomic mass is 19.4. The van der Waals surface area contributed by atoms with E-state index in [1.165, 1.54) is 12.1 Å². The summed E-state index contributed by atoms with van der Waals surface area (Å²) < 4.78 is 39.4. The molecule has 1 atom stereocenters. The summed E-state index contributed by atoms with van der Waals surface area (Å²) in [6.45, 7) is 8.31. The predicted octanol–water partition coefficient (Wildman–Crippen LogP) is 4.56. The quantitative estimate of drug-likeness (QED) is 0.829. The molecular weight excluding hydrogens is 251 g/mol. The van der Waals surface area contributed by atoms with Gasteiger partial charge in [0.25, 0.3) is 0 Å². The van der Waals surface area contributed by atoms with Crippen molar-refractivity contribution in [1.82, 2.24) is 5.32 Å². The first-order valence-corrected chi connectivity index (χ1v) is 6.49. The van der Waals surface area contributed by atoms with E-state index in [0.717, 1.165) is 0 Å². The maximum atomic E-state index is 13.1. The molecule has 0 spiro atoms. The Morgan fingerprint density at radius 1 is 1.05 bits per heavy atom. The second kappa shape index (κ2) is 5.95. The Morgan fingerprint density at radius 2 is 1.58 bits per heavy atom. The largest absolute Gasteiger partial charge is 0.407 e. The smallest absolute Gasteiger partial charge is 0.302 e. The highest BCUT2D eigenvalue weighted by Crippen LogP contribution is 2.34. The van der Waals surface area contributed by atoms with E-state index in [2.05, 4.69) is 5.32 Å². The first kappa shape index (κ1) is 16.0. The van der Waals surface area contributed by atoms with E-state index in [4.69, 9.17) is 0 Å². The Balaban J connectivity index is 2.84. The van der Waals surface area contributed by atoms with Gasteiger partial charge in [-0.15, -0.1) is 0 Å². The molecule has 0 amide bonds. The zero-order valence-electron chi connectivity index (χ0n) is 11.9. The van der Waals surface area contributed by atoms with Crippen LogP contribution in [0, 0.1) is 11.3 Å². The summed E-state index contributed by atoms with van der Waals surface area (Å²) in [5.74, 6) is 0.310. The first-order valence-electron chi connectivity index (χ1n) is 6.49. The molecule has 0 fully saturated rings. The van der Waals surface area contributed by atoms with Gasteiger partial charge in [-0.25, -0.2) is 0 Å². The second-order valence-electron chi connectivity index (χ2n) is 5.91. The lowest BCUT2D eigenvalue weighted by molar-refractivity contribution is -0.159. The van der Waals surface area contributed by atoms with Crippen molar-refractivity contribution in [3.8, 4) is 0 Å². The average Bonchev–Trinajstić information content (AvgIpc) is 2.28. The lowest BCUT2D eigenvalue weighted by Gasteiger charge is -2.32. The fourth-order valence-electron chi connectivity index (χ4n) is 1.64. The molecule has 1 rings (SSSR count). The van der Waals surface area contributed by atoms with Crippen LogP contribution in [0.25, 0.3) is 0 Å². The van der Waals surface area contributed by atoms with E-state index in [1.54, 1.807) is 18.2 Å². The molecule has 1 aromatic carbocycles. The molecule has 0 radical (unpaired) electrons. The number of rotatable bonds is 5. The Kier molecular flexibility index (Phi) is 5.02. The minimum absolute atomic E-state index is 0.182. The normalized spacial score (nSPS) is 14.7. The van der Waals surface area contributed by atoms with Crippen molar-refractivity contribution in [2.75, 3.05) is 6.54 Å². The average molecular weight is 273 g/mol. The first-order chi connectivity index (χ1) is 8.64. The molecule has 19 heavy (non-hydrogen) atoms. The number of hydrogen-bond acceptors (Lipinski definition) is 1. The monoisotopic (exact) mass is 273 g/mol. The molecule has 4 heteroatoms. The van der Waals surface area contributed by atoms with Crippen LogP contribution in [0.2, 0.25) is 0 Å². The van der Waals surface area contributed by atoms with Gasteiger partial charge in [-0.05, 0) is 16.9 Å². The number of halogens is 3. The van der Waals surface area contributed by atoms with E-state index < -0.39 is 12.2 Å². The number of alkyl halides is 3. The van der Waals surface area contributed by atoms with Crippen LogP contribution in [0.5, 0.6) is 0 Å². The SMILES string of the molecule is CC(C)C(C)(C)CNC(c1ccccc1)C(F)(F)F. The molecule has 1 aromatic rings. The summed E-state index contributed by atoms with van der Waals surface area (Å²) in [7, 11) is 0. The van der Waals surface area contributed by atoms with Gasteiger partial charge in [0.1, 0.15) is 6.04 Å². The molecule has 108 valence electrons. The van der Waals surface area contributed by atoms with Crippen LogP contribution in [0.1, 0.15) is 39.3 Å². The second-order valence-corrected chi connectivity index (χ2v) is 5.91. The molecular formula is C15H22F3N. The van der Waals surface area contributed by atoms with Gasteiger partial charge in [-0.3, -0.25) is 0 Å². The summed E-state index contributed by atoms with van der Waals surface area (Å²) >= 11 is 0. The number of hydrogen-bond donors (Lipinski definition) is 1. The van der Waals surface area contributed by atoms with Crippen LogP contribution in [-0.4, -0.2) is 12.7 Å². The van der Waals surface area contributed by atoms with Gasteiger partial charge in [0.2, 0.25) is 0 Å². The molecule has 0 saturated heterocycles. The maximum Gasteiger partial charge on any atom is 0.407 e. The van der Waals surface area contributed by atoms with Crippen molar-refractivity contribution in [2.24, 2.45) is 11.3 Å². The highest BCUT2D eigenvalue weighted by Gasteiger charge is 2.41. The van der Waals surface area contributed by atoms with Gasteiger partial charge < -0.3 is 5.32 Å². The Bertz CT molecular complexity index is 382. The Hall–Kier alpha value is -1.03. The molecule has 0 aliphatic carbocycles. The zero-order chi connectivity index (χ0) is 14.7. The van der Waals surface area contributed by atoms with Crippen molar-refractivity contribution in [3.05, 3.63) is 35.9 Å². The minimum Gasteiger partial charge on any atom is -0.302 e. The summed E-state index contributed by atoms with van der Waals surface area (Å²) in [5, 5.41) is 2.67. The zero-order valence-corrected chi connectivity index (χ0v) is 11.9. The lowest BCUT2D eigenvalue weighted by atomic mass is 9.81. The van der Waals surface area contributed by atoms with E-state index in [0.29, 0.717) is 12.5 Å². The molecule has 0 aliphatic rings. The summed E-state index contributed by atoms with van der Waals surface area (Å²) in [6.07, 6.45) is -4.28. The molecule has 1 N–H and O–H groups in total. The van der Waals surface area contributed by atoms with E-state index in [1.807, 2.05) is 27.7 Å². The fraction of sp³-hybridized carbons (Fsp3) is 0.600. The standard InChI is InChI=1S/C15H22F3N/c1-11(2)14(3,4)10-19-13(15(16,17)18)12-8-6-5-7-9-12/h5-9,11,13,19H,10H2,1-4H3. The van der Waals surface area contributed by atoms with Crippen LogP contribution in [0.4, 0.5) is 13.2 Å². The predicted molar refractivity (Wildman–Crippen MR) is 71.9 cm³/mol. The van der Waals surface area contributed by atoms with Gasteiger partial charge in [-0.1, -0.05) is 58.0 Å². The van der Waals surface area contributed by atoms with Gasteiger partial charge >= 0.3 is 6.18 Å². The van der Waals surface area contributed by atoms with Crippen LogP contribution >= 0.6 is 0 Å². The lowest BCUT2D eigenvalue weighted by Crippen LogP contribution is -2.41. The van der Waals surface area contributed by atoms with Gasteiger partial charge in [0.15, 0.2) is 0 Å². The Labute approximate surface area is 113 Å². The van der Waals surface area contributed by atoms with Gasteiger partial charge in [0.05, 0.1) is 0 Å². The van der Waals surface area contributed by atoms with Crippen molar-refractivity contribution >= 4 is 0 Å². The topological polar surface area (TPSA) is 12.0 Å². The third-order valence-corrected chi connectivity index (χ3v) is 3.78. The van der Waals surface area contributed by atoms with Crippen molar-refractivity contribution < 1.29 is 13.2 Å². The molecule has 0 bridgehead atoms. The molecule has 0 aliphatic heterocycles. The van der Waals surface area contributed by atoms with E-state index in [-0.39, 0.29) is 11.0 Å². The molecule has 0 heterocycles. The maximum absolute atomic E-state index is 13.1. The van der Waals surface area contributed by atoms with Crippen molar-refractivity contribution in [3.63, 3.8) is 0 Å². The van der Waals surface area contributed by atoms with Crippen molar-refractivity contribution in [1.29, 1.82) is 0 Å². The van der Waals surface area contributed by atoms with Crippen LogP contribution in [0.15, 0.2) is 30.3 Å². The molecule has 1 unspecified atom stereocenters. The number of benzene rings is 1. The third-order valence-electron chi connectivity index (χ3n) is 3.78. The third kappa shape index (κ3) is 4.53. The highest BCUT2D eigenvalue weighted by molar-refractivity contribution is 5.20. The van der Waals surface area contributed by atoms with Crippen LogP contribution < -0.4 is 5.32 Å². The minimum atomic E-state index is -4.28. The summed E-state index contributed by atoms with van der Waals surface area (Å²) in [4.78, 5) is 0. The molecule has 0 aromatic heterocycles.